The maximum absolute atomic E-state index is 12.5. The van der Waals surface area contributed by atoms with Crippen LogP contribution in [0.1, 0.15) is 34.9 Å². The predicted molar refractivity (Wildman–Crippen MR) is 112 cm³/mol. The number of amides is 1. The summed E-state index contributed by atoms with van der Waals surface area (Å²) in [7, 11) is 0. The van der Waals surface area contributed by atoms with Crippen molar-refractivity contribution in [2.45, 2.75) is 32.6 Å². The lowest BCUT2D eigenvalue weighted by molar-refractivity contribution is -0.897. The van der Waals surface area contributed by atoms with Crippen LogP contribution in [0.15, 0.2) is 42.5 Å². The maximum atomic E-state index is 12.5. The van der Waals surface area contributed by atoms with Crippen molar-refractivity contribution in [3.8, 4) is 0 Å². The molecule has 4 rings (SSSR count). The summed E-state index contributed by atoms with van der Waals surface area (Å²) in [6, 6.07) is 14.5. The highest BCUT2D eigenvalue weighted by molar-refractivity contribution is 7.18. The highest BCUT2D eigenvalue weighted by atomic mass is 32.1. The van der Waals surface area contributed by atoms with Gasteiger partial charge in [-0.25, -0.2) is 4.98 Å². The Hall–Kier alpha value is -2.24. The fraction of sp³-hybridized carbons (Fsp3) is 0.364. The van der Waals surface area contributed by atoms with Crippen LogP contribution in [0.3, 0.4) is 0 Å². The molecule has 140 valence electrons. The van der Waals surface area contributed by atoms with Gasteiger partial charge in [0.25, 0.3) is 5.91 Å². The van der Waals surface area contributed by atoms with Crippen LogP contribution in [-0.2, 0) is 4.79 Å². The minimum atomic E-state index is 0.108. The second-order valence-corrected chi connectivity index (χ2v) is 8.65. The van der Waals surface area contributed by atoms with Crippen LogP contribution in [0.25, 0.3) is 10.2 Å². The molecule has 0 aliphatic carbocycles. The molecule has 0 spiro atoms. The van der Waals surface area contributed by atoms with Crippen molar-refractivity contribution in [3.05, 3.63) is 58.6 Å². The van der Waals surface area contributed by atoms with Crippen molar-refractivity contribution in [2.24, 2.45) is 0 Å². The molecule has 5 heteroatoms. The lowest BCUT2D eigenvalue weighted by Gasteiger charge is -2.27. The number of aryl methyl sites for hydroxylation is 2. The molecule has 0 unspecified atom stereocenters. The fourth-order valence-corrected chi connectivity index (χ4v) is 4.94. The Kier molecular flexibility index (Phi) is 5.23. The van der Waals surface area contributed by atoms with Gasteiger partial charge in [-0.15, -0.1) is 11.3 Å². The summed E-state index contributed by atoms with van der Waals surface area (Å²) in [5, 5.41) is 4.35. The summed E-state index contributed by atoms with van der Waals surface area (Å²) < 4.78 is 1.27. The number of benzene rings is 2. The number of aromatic nitrogens is 1. The monoisotopic (exact) mass is 380 g/mol. The molecule has 27 heavy (non-hydrogen) atoms. The van der Waals surface area contributed by atoms with Crippen LogP contribution in [0.5, 0.6) is 0 Å². The molecule has 0 atom stereocenters. The molecular weight excluding hydrogens is 354 g/mol. The molecule has 1 amide bonds. The average Bonchev–Trinajstić information content (AvgIpc) is 3.09. The SMILES string of the molecule is Cc1ccc(C)c(NC(=O)C[NH+]2CCC(c3nc4ccccc4s3)CC2)c1. The number of anilines is 1. The van der Waals surface area contributed by atoms with Gasteiger partial charge < -0.3 is 10.2 Å². The molecule has 0 bridgehead atoms. The number of quaternary nitrogens is 1. The van der Waals surface area contributed by atoms with E-state index in [9.17, 15) is 4.79 Å². The van der Waals surface area contributed by atoms with Gasteiger partial charge in [-0.05, 0) is 43.2 Å². The molecule has 1 aliphatic rings. The number of para-hydroxylation sites is 1. The molecule has 2 N–H and O–H groups in total. The van der Waals surface area contributed by atoms with Crippen LogP contribution < -0.4 is 10.2 Å². The van der Waals surface area contributed by atoms with Gasteiger partial charge in [-0.3, -0.25) is 4.79 Å². The summed E-state index contributed by atoms with van der Waals surface area (Å²) >= 11 is 1.82. The van der Waals surface area contributed by atoms with Crippen LogP contribution in [0.4, 0.5) is 5.69 Å². The third kappa shape index (κ3) is 4.20. The summed E-state index contributed by atoms with van der Waals surface area (Å²) in [4.78, 5) is 18.7. The zero-order chi connectivity index (χ0) is 18.8. The number of piperidine rings is 1. The Morgan fingerprint density at radius 3 is 2.74 bits per heavy atom. The van der Waals surface area contributed by atoms with Gasteiger partial charge in [0.1, 0.15) is 0 Å². The van der Waals surface area contributed by atoms with Crippen molar-refractivity contribution in [3.63, 3.8) is 0 Å². The number of carbonyl (C=O) groups is 1. The van der Waals surface area contributed by atoms with Crippen molar-refractivity contribution >= 4 is 33.1 Å². The first-order chi connectivity index (χ1) is 13.1. The van der Waals surface area contributed by atoms with E-state index in [1.165, 1.54) is 20.2 Å². The molecule has 0 radical (unpaired) electrons. The largest absolute Gasteiger partial charge is 0.327 e. The zero-order valence-electron chi connectivity index (χ0n) is 15.9. The maximum Gasteiger partial charge on any atom is 0.279 e. The molecule has 1 fully saturated rings. The first kappa shape index (κ1) is 18.1. The second kappa shape index (κ2) is 7.79. The molecule has 3 aromatic rings. The van der Waals surface area contributed by atoms with Crippen LogP contribution in [0, 0.1) is 13.8 Å². The lowest BCUT2D eigenvalue weighted by Crippen LogP contribution is -3.14. The van der Waals surface area contributed by atoms with Gasteiger partial charge in [-0.2, -0.15) is 0 Å². The minimum Gasteiger partial charge on any atom is -0.327 e. The Morgan fingerprint density at radius 1 is 1.19 bits per heavy atom. The van der Waals surface area contributed by atoms with Crippen molar-refractivity contribution in [1.82, 2.24) is 4.98 Å². The number of carbonyl (C=O) groups excluding carboxylic acids is 1. The highest BCUT2D eigenvalue weighted by Crippen LogP contribution is 2.31. The number of thiazole rings is 1. The van der Waals surface area contributed by atoms with Gasteiger partial charge in [0, 0.05) is 24.4 Å². The van der Waals surface area contributed by atoms with E-state index in [-0.39, 0.29) is 5.91 Å². The third-order valence-electron chi connectivity index (χ3n) is 5.43. The lowest BCUT2D eigenvalue weighted by atomic mass is 9.97. The van der Waals surface area contributed by atoms with E-state index in [4.69, 9.17) is 4.98 Å². The Morgan fingerprint density at radius 2 is 1.96 bits per heavy atom. The number of hydrogen-bond acceptors (Lipinski definition) is 3. The number of nitrogens with one attached hydrogen (secondary N) is 2. The standard InChI is InChI=1S/C22H25N3OS/c1-15-7-8-16(2)19(13-15)23-21(26)14-25-11-9-17(10-12-25)22-24-18-5-3-4-6-20(18)27-22/h3-8,13,17H,9-12,14H2,1-2H3,(H,23,26)/p+1. The topological polar surface area (TPSA) is 46.4 Å². The molecule has 4 nitrogen and oxygen atoms in total. The van der Waals surface area contributed by atoms with Gasteiger partial charge in [0.15, 0.2) is 6.54 Å². The van der Waals surface area contributed by atoms with Crippen LogP contribution in [-0.4, -0.2) is 30.5 Å². The van der Waals surface area contributed by atoms with E-state index in [0.29, 0.717) is 12.5 Å². The number of rotatable bonds is 4. The quantitative estimate of drug-likeness (QED) is 0.729. The summed E-state index contributed by atoms with van der Waals surface area (Å²) in [5.74, 6) is 0.644. The van der Waals surface area contributed by atoms with E-state index >= 15 is 0 Å². The Bertz CT molecular complexity index is 924. The van der Waals surface area contributed by atoms with E-state index in [1.807, 2.05) is 37.3 Å². The van der Waals surface area contributed by atoms with Crippen LogP contribution >= 0.6 is 11.3 Å². The summed E-state index contributed by atoms with van der Waals surface area (Å²) in [6.07, 6.45) is 2.21. The molecule has 1 aliphatic heterocycles. The highest BCUT2D eigenvalue weighted by Gasteiger charge is 2.27. The van der Waals surface area contributed by atoms with Crippen LogP contribution in [0.2, 0.25) is 0 Å². The fourth-order valence-electron chi connectivity index (χ4n) is 3.81. The predicted octanol–water partition coefficient (Wildman–Crippen LogP) is 3.31. The summed E-state index contributed by atoms with van der Waals surface area (Å²) in [5.41, 5.74) is 4.32. The first-order valence-corrected chi connectivity index (χ1v) is 10.5. The molecule has 1 saturated heterocycles. The molecule has 2 aromatic carbocycles. The Labute approximate surface area is 164 Å². The average molecular weight is 381 g/mol. The van der Waals surface area contributed by atoms with E-state index in [0.717, 1.165) is 42.7 Å². The summed E-state index contributed by atoms with van der Waals surface area (Å²) in [6.45, 7) is 6.68. The normalized spacial score (nSPS) is 19.9. The van der Waals surface area contributed by atoms with Crippen molar-refractivity contribution < 1.29 is 9.69 Å². The number of fused-ring (bicyclic) bond motifs is 1. The zero-order valence-corrected chi connectivity index (χ0v) is 16.7. The minimum absolute atomic E-state index is 0.108. The van der Waals surface area contributed by atoms with Crippen molar-refractivity contribution in [2.75, 3.05) is 25.0 Å². The Balaban J connectivity index is 1.32. The van der Waals surface area contributed by atoms with Crippen molar-refractivity contribution in [1.29, 1.82) is 0 Å². The molecule has 2 heterocycles. The molecular formula is C22H26N3OS+. The van der Waals surface area contributed by atoms with E-state index in [2.05, 4.69) is 35.6 Å². The first-order valence-electron chi connectivity index (χ1n) is 9.64. The number of likely N-dealkylation sites (tertiary alicyclic amines) is 1. The molecule has 0 saturated carbocycles. The number of nitrogens with zero attached hydrogens (tertiary/aromatic N) is 1. The van der Waals surface area contributed by atoms with Gasteiger partial charge in [0.05, 0.1) is 28.3 Å². The third-order valence-corrected chi connectivity index (χ3v) is 6.63. The second-order valence-electron chi connectivity index (χ2n) is 7.59. The van der Waals surface area contributed by atoms with Gasteiger partial charge in [-0.1, -0.05) is 24.3 Å². The van der Waals surface area contributed by atoms with Gasteiger partial charge >= 0.3 is 0 Å². The molecule has 1 aromatic heterocycles. The van der Waals surface area contributed by atoms with Gasteiger partial charge in [0.2, 0.25) is 0 Å². The number of hydrogen-bond donors (Lipinski definition) is 2. The van der Waals surface area contributed by atoms with E-state index < -0.39 is 0 Å². The van der Waals surface area contributed by atoms with E-state index in [1.54, 1.807) is 0 Å². The smallest absolute Gasteiger partial charge is 0.279 e.